The molecule has 102 valence electrons. The van der Waals surface area contributed by atoms with Crippen LogP contribution in [0.5, 0.6) is 0 Å². The molecule has 18 heavy (non-hydrogen) atoms. The van der Waals surface area contributed by atoms with Gasteiger partial charge in [-0.2, -0.15) is 0 Å². The van der Waals surface area contributed by atoms with Crippen LogP contribution in [0.25, 0.3) is 0 Å². The Bertz CT molecular complexity index is 302. The summed E-state index contributed by atoms with van der Waals surface area (Å²) < 4.78 is 0. The van der Waals surface area contributed by atoms with Crippen LogP contribution in [-0.4, -0.2) is 6.04 Å². The molecule has 0 unspecified atom stereocenters. The fraction of sp³-hybridized carbons (Fsp3) is 1.00. The van der Waals surface area contributed by atoms with Gasteiger partial charge in [-0.25, -0.2) is 0 Å². The molecule has 0 aromatic carbocycles. The quantitative estimate of drug-likeness (QED) is 0.741. The van der Waals surface area contributed by atoms with Gasteiger partial charge in [-0.3, -0.25) is 0 Å². The Labute approximate surface area is 112 Å². The average molecular weight is 247 g/mol. The maximum Gasteiger partial charge on any atom is 0.00392 e. The van der Waals surface area contributed by atoms with E-state index in [-0.39, 0.29) is 0 Å². The Balaban J connectivity index is 1.63. The predicted molar refractivity (Wildman–Crippen MR) is 75.2 cm³/mol. The zero-order valence-corrected chi connectivity index (χ0v) is 12.0. The second kappa shape index (κ2) is 3.75. The van der Waals surface area contributed by atoms with Gasteiger partial charge in [-0.15, -0.1) is 0 Å². The molecular formula is C17H29N. The van der Waals surface area contributed by atoms with Crippen LogP contribution in [0.15, 0.2) is 0 Å². The standard InChI is InChI=1S/C17H29N/c1-16(4-2-15(18)3-5-16)17-9-12-6-13(10-17)8-14(7-12)11-17/h12-15H,2-11,18H2,1H3. The van der Waals surface area contributed by atoms with Gasteiger partial charge in [0, 0.05) is 6.04 Å². The summed E-state index contributed by atoms with van der Waals surface area (Å²) in [4.78, 5) is 0. The lowest BCUT2D eigenvalue weighted by Crippen LogP contribution is -2.55. The highest BCUT2D eigenvalue weighted by Gasteiger charge is 2.58. The van der Waals surface area contributed by atoms with Crippen molar-refractivity contribution >= 4 is 0 Å². The molecule has 0 aromatic heterocycles. The molecule has 0 spiro atoms. The number of hydrogen-bond acceptors (Lipinski definition) is 1. The summed E-state index contributed by atoms with van der Waals surface area (Å²) in [7, 11) is 0. The van der Waals surface area contributed by atoms with Crippen molar-refractivity contribution < 1.29 is 0 Å². The molecule has 5 aliphatic rings. The smallest absolute Gasteiger partial charge is 0.00392 e. The summed E-state index contributed by atoms with van der Waals surface area (Å²) in [6, 6.07) is 0.506. The Morgan fingerprint density at radius 1 is 0.833 bits per heavy atom. The van der Waals surface area contributed by atoms with Gasteiger partial charge in [0.15, 0.2) is 0 Å². The first kappa shape index (κ1) is 11.8. The summed E-state index contributed by atoms with van der Waals surface area (Å²) >= 11 is 0. The lowest BCUT2D eigenvalue weighted by atomic mass is 9.41. The van der Waals surface area contributed by atoms with Crippen LogP contribution in [0.2, 0.25) is 0 Å². The minimum Gasteiger partial charge on any atom is -0.328 e. The summed E-state index contributed by atoms with van der Waals surface area (Å²) in [5, 5.41) is 0. The van der Waals surface area contributed by atoms with Gasteiger partial charge < -0.3 is 5.73 Å². The molecule has 1 heteroatoms. The second-order valence-corrected chi connectivity index (χ2v) is 8.60. The number of rotatable bonds is 1. The molecule has 1 nitrogen and oxygen atoms in total. The van der Waals surface area contributed by atoms with Crippen molar-refractivity contribution in [2.45, 2.75) is 77.2 Å². The molecule has 4 bridgehead atoms. The second-order valence-electron chi connectivity index (χ2n) is 8.60. The fourth-order valence-electron chi connectivity index (χ4n) is 6.66. The van der Waals surface area contributed by atoms with Gasteiger partial charge in [-0.05, 0) is 92.8 Å². The summed E-state index contributed by atoms with van der Waals surface area (Å²) in [6.07, 6.45) is 14.9. The van der Waals surface area contributed by atoms with Gasteiger partial charge in [0.25, 0.3) is 0 Å². The highest BCUT2D eigenvalue weighted by Crippen LogP contribution is 2.68. The molecule has 0 heterocycles. The van der Waals surface area contributed by atoms with Gasteiger partial charge >= 0.3 is 0 Å². The minimum atomic E-state index is 0.506. The SMILES string of the molecule is CC1(C23CC4CC(CC(C4)C2)C3)CCC(N)CC1. The maximum absolute atomic E-state index is 6.15. The lowest BCUT2D eigenvalue weighted by molar-refractivity contribution is -0.138. The van der Waals surface area contributed by atoms with Crippen LogP contribution < -0.4 is 5.73 Å². The zero-order chi connectivity index (χ0) is 12.4. The van der Waals surface area contributed by atoms with E-state index < -0.39 is 0 Å². The topological polar surface area (TPSA) is 26.0 Å². The van der Waals surface area contributed by atoms with Crippen molar-refractivity contribution in [2.24, 2.45) is 34.3 Å². The Morgan fingerprint density at radius 3 is 1.72 bits per heavy atom. The van der Waals surface area contributed by atoms with Gasteiger partial charge in [-0.1, -0.05) is 6.92 Å². The Hall–Kier alpha value is -0.0400. The first-order chi connectivity index (χ1) is 8.59. The monoisotopic (exact) mass is 247 g/mol. The molecule has 0 amide bonds. The van der Waals surface area contributed by atoms with Crippen LogP contribution >= 0.6 is 0 Å². The molecule has 0 radical (unpaired) electrons. The molecular weight excluding hydrogens is 218 g/mol. The van der Waals surface area contributed by atoms with Crippen LogP contribution in [-0.2, 0) is 0 Å². The van der Waals surface area contributed by atoms with Crippen LogP contribution in [0.3, 0.4) is 0 Å². The first-order valence-electron chi connectivity index (χ1n) is 8.34. The molecule has 0 aromatic rings. The third kappa shape index (κ3) is 1.55. The summed E-state index contributed by atoms with van der Waals surface area (Å²) in [5.74, 6) is 3.30. The van der Waals surface area contributed by atoms with E-state index in [0.717, 1.165) is 23.2 Å². The molecule has 5 rings (SSSR count). The predicted octanol–water partition coefficient (Wildman–Crippen LogP) is 4.11. The van der Waals surface area contributed by atoms with Crippen molar-refractivity contribution in [3.05, 3.63) is 0 Å². The molecule has 0 aliphatic heterocycles. The summed E-state index contributed by atoms with van der Waals surface area (Å²) in [6.45, 7) is 2.63. The van der Waals surface area contributed by atoms with Gasteiger partial charge in [0.1, 0.15) is 0 Å². The van der Waals surface area contributed by atoms with Crippen molar-refractivity contribution in [1.29, 1.82) is 0 Å². The molecule has 5 aliphatic carbocycles. The summed E-state index contributed by atoms with van der Waals surface area (Å²) in [5.41, 5.74) is 7.52. The van der Waals surface area contributed by atoms with Crippen LogP contribution in [0, 0.1) is 28.6 Å². The first-order valence-corrected chi connectivity index (χ1v) is 8.34. The number of nitrogens with two attached hydrogens (primary N) is 1. The van der Waals surface area contributed by atoms with Crippen LogP contribution in [0.1, 0.15) is 71.1 Å². The van der Waals surface area contributed by atoms with E-state index in [1.165, 1.54) is 25.7 Å². The van der Waals surface area contributed by atoms with E-state index in [0.29, 0.717) is 11.5 Å². The van der Waals surface area contributed by atoms with E-state index >= 15 is 0 Å². The van der Waals surface area contributed by atoms with E-state index in [1.54, 1.807) is 38.5 Å². The Kier molecular flexibility index (Phi) is 2.45. The normalized spacial score (nSPS) is 59.0. The third-order valence-corrected chi connectivity index (χ3v) is 7.45. The van der Waals surface area contributed by atoms with E-state index in [1.807, 2.05) is 0 Å². The molecule has 5 saturated carbocycles. The minimum absolute atomic E-state index is 0.506. The molecule has 5 fully saturated rings. The van der Waals surface area contributed by atoms with Crippen molar-refractivity contribution in [2.75, 3.05) is 0 Å². The average Bonchev–Trinajstić information content (AvgIpc) is 2.31. The van der Waals surface area contributed by atoms with Gasteiger partial charge in [0.2, 0.25) is 0 Å². The van der Waals surface area contributed by atoms with Crippen molar-refractivity contribution in [3.63, 3.8) is 0 Å². The lowest BCUT2D eigenvalue weighted by Gasteiger charge is -2.64. The zero-order valence-electron chi connectivity index (χ0n) is 12.0. The highest BCUT2D eigenvalue weighted by molar-refractivity contribution is 5.09. The number of hydrogen-bond donors (Lipinski definition) is 1. The fourth-order valence-corrected chi connectivity index (χ4v) is 6.66. The molecule has 2 N–H and O–H groups in total. The maximum atomic E-state index is 6.15. The van der Waals surface area contributed by atoms with Crippen molar-refractivity contribution in [3.8, 4) is 0 Å². The Morgan fingerprint density at radius 2 is 1.28 bits per heavy atom. The van der Waals surface area contributed by atoms with E-state index in [2.05, 4.69) is 6.92 Å². The van der Waals surface area contributed by atoms with Gasteiger partial charge in [0.05, 0.1) is 0 Å². The van der Waals surface area contributed by atoms with Crippen LogP contribution in [0.4, 0.5) is 0 Å². The van der Waals surface area contributed by atoms with Crippen molar-refractivity contribution in [1.82, 2.24) is 0 Å². The molecule has 0 atom stereocenters. The largest absolute Gasteiger partial charge is 0.328 e. The van der Waals surface area contributed by atoms with E-state index in [9.17, 15) is 0 Å². The third-order valence-electron chi connectivity index (χ3n) is 7.45. The highest BCUT2D eigenvalue weighted by atomic mass is 14.7. The molecule has 0 saturated heterocycles. The van der Waals surface area contributed by atoms with E-state index in [4.69, 9.17) is 5.73 Å².